The number of anilines is 1. The van der Waals surface area contributed by atoms with Crippen molar-refractivity contribution in [2.75, 3.05) is 37.9 Å². The molecule has 0 N–H and O–H groups in total. The van der Waals surface area contributed by atoms with Gasteiger partial charge in [0, 0.05) is 44.6 Å². The summed E-state index contributed by atoms with van der Waals surface area (Å²) in [5, 5.41) is 0. The highest BCUT2D eigenvalue weighted by Crippen LogP contribution is 2.35. The summed E-state index contributed by atoms with van der Waals surface area (Å²) in [5.41, 5.74) is 1.26. The van der Waals surface area contributed by atoms with Crippen molar-refractivity contribution < 1.29 is 9.47 Å². The molecule has 0 amide bonds. The van der Waals surface area contributed by atoms with Gasteiger partial charge in [-0.3, -0.25) is 9.30 Å². The first-order valence-corrected chi connectivity index (χ1v) is 8.96. The van der Waals surface area contributed by atoms with Gasteiger partial charge in [-0.15, -0.1) is 0 Å². The molecule has 0 aliphatic carbocycles. The Morgan fingerprint density at radius 1 is 1.08 bits per heavy atom. The lowest BCUT2D eigenvalue weighted by Gasteiger charge is -2.38. The van der Waals surface area contributed by atoms with E-state index >= 15 is 0 Å². The molecule has 2 aliphatic heterocycles. The van der Waals surface area contributed by atoms with Crippen LogP contribution in [-0.2, 0) is 0 Å². The Labute approximate surface area is 151 Å². The highest BCUT2D eigenvalue weighted by molar-refractivity contribution is 5.47. The molecule has 0 bridgehead atoms. The number of hydrogen-bond donors (Lipinski definition) is 0. The van der Waals surface area contributed by atoms with E-state index in [1.165, 1.54) is 5.56 Å². The first-order valence-electron chi connectivity index (χ1n) is 8.96. The number of hydrogen-bond acceptors (Lipinski definition) is 6. The van der Waals surface area contributed by atoms with Gasteiger partial charge >= 0.3 is 0 Å². The molecule has 7 nitrogen and oxygen atoms in total. The first kappa shape index (κ1) is 15.5. The van der Waals surface area contributed by atoms with Crippen molar-refractivity contribution in [3.63, 3.8) is 0 Å². The first-order chi connectivity index (χ1) is 12.8. The molecule has 2 aliphatic rings. The fraction of sp³-hybridized carbons (Fsp3) is 0.368. The van der Waals surface area contributed by atoms with Crippen LogP contribution in [0, 0.1) is 0 Å². The molecule has 0 saturated carbocycles. The molecular formula is C19H21N5O2. The van der Waals surface area contributed by atoms with E-state index in [0.717, 1.165) is 49.3 Å². The van der Waals surface area contributed by atoms with E-state index in [2.05, 4.69) is 45.0 Å². The van der Waals surface area contributed by atoms with Crippen LogP contribution in [0.4, 0.5) is 5.82 Å². The Morgan fingerprint density at radius 3 is 2.77 bits per heavy atom. The van der Waals surface area contributed by atoms with Gasteiger partial charge in [-0.25, -0.2) is 4.98 Å². The third kappa shape index (κ3) is 2.64. The van der Waals surface area contributed by atoms with E-state index in [4.69, 9.17) is 9.47 Å². The third-order valence-electron chi connectivity index (χ3n) is 5.29. The van der Waals surface area contributed by atoms with Crippen molar-refractivity contribution >= 4 is 11.6 Å². The van der Waals surface area contributed by atoms with Gasteiger partial charge in [0.25, 0.3) is 0 Å². The topological polar surface area (TPSA) is 55.1 Å². The number of nitrogens with zero attached hydrogens (tertiary/aromatic N) is 5. The van der Waals surface area contributed by atoms with Crippen LogP contribution in [0.2, 0.25) is 0 Å². The number of rotatable bonds is 3. The molecule has 0 radical (unpaired) electrons. The lowest BCUT2D eigenvalue weighted by atomic mass is 10.1. The van der Waals surface area contributed by atoms with Crippen LogP contribution in [0.1, 0.15) is 18.5 Å². The van der Waals surface area contributed by atoms with Crippen molar-refractivity contribution in [3.05, 3.63) is 48.4 Å². The summed E-state index contributed by atoms with van der Waals surface area (Å²) < 4.78 is 12.9. The van der Waals surface area contributed by atoms with Crippen molar-refractivity contribution in [3.8, 4) is 11.5 Å². The minimum Gasteiger partial charge on any atom is -0.454 e. The van der Waals surface area contributed by atoms with Gasteiger partial charge in [0.2, 0.25) is 12.6 Å². The molecule has 2 aromatic heterocycles. The van der Waals surface area contributed by atoms with Crippen molar-refractivity contribution in [2.24, 2.45) is 0 Å². The molecule has 0 spiro atoms. The average Bonchev–Trinajstić information content (AvgIpc) is 3.33. The van der Waals surface area contributed by atoms with E-state index in [0.29, 0.717) is 12.8 Å². The molecule has 1 aromatic carbocycles. The Balaban J connectivity index is 1.27. The van der Waals surface area contributed by atoms with Gasteiger partial charge in [-0.05, 0) is 30.7 Å². The van der Waals surface area contributed by atoms with E-state index in [9.17, 15) is 0 Å². The van der Waals surface area contributed by atoms with Gasteiger partial charge in [0.15, 0.2) is 11.5 Å². The number of ether oxygens (including phenoxy) is 2. The van der Waals surface area contributed by atoms with E-state index in [-0.39, 0.29) is 0 Å². The Hall–Kier alpha value is -2.80. The largest absolute Gasteiger partial charge is 0.454 e. The second-order valence-electron chi connectivity index (χ2n) is 6.74. The Bertz CT molecular complexity index is 900. The van der Waals surface area contributed by atoms with Crippen LogP contribution < -0.4 is 14.4 Å². The lowest BCUT2D eigenvalue weighted by molar-refractivity contribution is 0.173. The fourth-order valence-corrected chi connectivity index (χ4v) is 3.69. The van der Waals surface area contributed by atoms with Gasteiger partial charge < -0.3 is 14.4 Å². The quantitative estimate of drug-likeness (QED) is 0.722. The summed E-state index contributed by atoms with van der Waals surface area (Å²) in [7, 11) is 0. The van der Waals surface area contributed by atoms with Crippen LogP contribution in [0.25, 0.3) is 5.78 Å². The monoisotopic (exact) mass is 351 g/mol. The molecule has 134 valence electrons. The molecule has 7 heteroatoms. The van der Waals surface area contributed by atoms with Gasteiger partial charge in [-0.2, -0.15) is 4.98 Å². The van der Waals surface area contributed by atoms with Crippen LogP contribution in [0.15, 0.2) is 42.9 Å². The van der Waals surface area contributed by atoms with E-state index in [1.54, 1.807) is 6.20 Å². The van der Waals surface area contributed by atoms with Crippen LogP contribution in [0.3, 0.4) is 0 Å². The molecule has 4 heterocycles. The minimum atomic E-state index is 0.319. The second kappa shape index (κ2) is 6.17. The zero-order valence-corrected chi connectivity index (χ0v) is 14.7. The molecule has 1 fully saturated rings. The summed E-state index contributed by atoms with van der Waals surface area (Å²) in [4.78, 5) is 13.8. The SMILES string of the molecule is CC(c1ccc2c(c1)OCO2)N1CCN(c2cn3cccnc3n2)CC1. The maximum Gasteiger partial charge on any atom is 0.235 e. The predicted molar refractivity (Wildman–Crippen MR) is 97.8 cm³/mol. The van der Waals surface area contributed by atoms with Crippen LogP contribution >= 0.6 is 0 Å². The number of aromatic nitrogens is 3. The number of benzene rings is 1. The van der Waals surface area contributed by atoms with Gasteiger partial charge in [-0.1, -0.05) is 6.07 Å². The summed E-state index contributed by atoms with van der Waals surface area (Å²) >= 11 is 0. The maximum absolute atomic E-state index is 5.51. The smallest absolute Gasteiger partial charge is 0.235 e. The molecule has 5 rings (SSSR count). The summed E-state index contributed by atoms with van der Waals surface area (Å²) in [6.45, 7) is 6.48. The molecular weight excluding hydrogens is 330 g/mol. The summed E-state index contributed by atoms with van der Waals surface area (Å²) in [5.74, 6) is 3.44. The fourth-order valence-electron chi connectivity index (χ4n) is 3.69. The number of piperazine rings is 1. The molecule has 3 aromatic rings. The van der Waals surface area contributed by atoms with Crippen molar-refractivity contribution in [1.82, 2.24) is 19.3 Å². The van der Waals surface area contributed by atoms with Gasteiger partial charge in [0.1, 0.15) is 5.82 Å². The average molecular weight is 351 g/mol. The highest BCUT2D eigenvalue weighted by Gasteiger charge is 2.25. The van der Waals surface area contributed by atoms with Crippen LogP contribution in [0.5, 0.6) is 11.5 Å². The highest BCUT2D eigenvalue weighted by atomic mass is 16.7. The van der Waals surface area contributed by atoms with Crippen molar-refractivity contribution in [1.29, 1.82) is 0 Å². The Morgan fingerprint density at radius 2 is 1.92 bits per heavy atom. The molecule has 1 atom stereocenters. The van der Waals surface area contributed by atoms with Crippen LogP contribution in [-0.4, -0.2) is 52.2 Å². The van der Waals surface area contributed by atoms with E-state index < -0.39 is 0 Å². The lowest BCUT2D eigenvalue weighted by Crippen LogP contribution is -2.47. The maximum atomic E-state index is 5.51. The Kier molecular flexibility index (Phi) is 3.67. The van der Waals surface area contributed by atoms with E-state index in [1.807, 2.05) is 22.7 Å². The minimum absolute atomic E-state index is 0.319. The van der Waals surface area contributed by atoms with Crippen molar-refractivity contribution in [2.45, 2.75) is 13.0 Å². The second-order valence-corrected chi connectivity index (χ2v) is 6.74. The third-order valence-corrected chi connectivity index (χ3v) is 5.29. The summed E-state index contributed by atoms with van der Waals surface area (Å²) in [6.07, 6.45) is 5.81. The zero-order chi connectivity index (χ0) is 17.5. The van der Waals surface area contributed by atoms with Gasteiger partial charge in [0.05, 0.1) is 6.20 Å². The summed E-state index contributed by atoms with van der Waals surface area (Å²) in [6, 6.07) is 8.51. The zero-order valence-electron chi connectivity index (χ0n) is 14.7. The predicted octanol–water partition coefficient (Wildman–Crippen LogP) is 2.34. The number of imidazole rings is 1. The molecule has 26 heavy (non-hydrogen) atoms. The normalized spacial score (nSPS) is 18.4. The molecule has 1 unspecified atom stereocenters. The standard InChI is InChI=1S/C19H21N5O2/c1-14(15-3-4-16-17(11-15)26-13-25-16)22-7-9-23(10-8-22)18-12-24-6-2-5-20-19(24)21-18/h2-6,11-12,14H,7-10,13H2,1H3. The molecule has 1 saturated heterocycles. The number of fused-ring (bicyclic) bond motifs is 2.